The van der Waals surface area contributed by atoms with Crippen molar-refractivity contribution in [2.24, 2.45) is 5.10 Å². The van der Waals surface area contributed by atoms with E-state index < -0.39 is 5.91 Å². The van der Waals surface area contributed by atoms with E-state index in [1.54, 1.807) is 36.4 Å². The summed E-state index contributed by atoms with van der Waals surface area (Å²) in [6.07, 6.45) is 1.50. The van der Waals surface area contributed by atoms with Gasteiger partial charge in [0, 0.05) is 5.39 Å². The Morgan fingerprint density at radius 1 is 1.12 bits per heavy atom. The number of nitrogens with zero attached hydrogens (tertiary/aromatic N) is 1. The van der Waals surface area contributed by atoms with Gasteiger partial charge in [-0.25, -0.2) is 5.43 Å². The molecule has 4 rings (SSSR count). The average molecular weight is 548 g/mol. The molecule has 1 heterocycles. The number of carbonyl (C=O) groups is 1. The number of para-hydroxylation sites is 1. The second-order valence-corrected chi connectivity index (χ2v) is 8.59. The SMILES string of the molecule is COc1cc(C=NNC(=O)c2cc3ccccc3o2)cc(Br)c1OCc1ccc(Cl)c(Cl)c1. The van der Waals surface area contributed by atoms with Crippen molar-refractivity contribution < 1.29 is 18.7 Å². The van der Waals surface area contributed by atoms with Gasteiger partial charge in [-0.05, 0) is 63.5 Å². The Kier molecular flexibility index (Phi) is 7.23. The fourth-order valence-corrected chi connectivity index (χ4v) is 3.95. The molecule has 1 amide bonds. The molecule has 0 aliphatic rings. The number of methoxy groups -OCH3 is 1. The maximum Gasteiger partial charge on any atom is 0.307 e. The highest BCUT2D eigenvalue weighted by atomic mass is 79.9. The van der Waals surface area contributed by atoms with E-state index in [0.29, 0.717) is 37.2 Å². The third-order valence-electron chi connectivity index (χ3n) is 4.65. The molecule has 0 aliphatic heterocycles. The van der Waals surface area contributed by atoms with Crippen molar-refractivity contribution in [1.82, 2.24) is 5.43 Å². The second-order valence-electron chi connectivity index (χ2n) is 6.92. The van der Waals surface area contributed by atoms with E-state index in [1.165, 1.54) is 13.3 Å². The standard InChI is InChI=1S/C24H17BrCl2N2O4/c1-31-21-10-15(8-17(25)23(21)32-13-14-6-7-18(26)19(27)9-14)12-28-29-24(30)22-11-16-4-2-3-5-20(16)33-22/h2-12H,13H2,1H3,(H,29,30). The van der Waals surface area contributed by atoms with Crippen LogP contribution in [0.2, 0.25) is 10.0 Å². The first-order valence-corrected chi connectivity index (χ1v) is 11.3. The molecule has 0 aliphatic carbocycles. The summed E-state index contributed by atoms with van der Waals surface area (Å²) in [5, 5.41) is 5.80. The number of halogens is 3. The van der Waals surface area contributed by atoms with Gasteiger partial charge in [0.15, 0.2) is 17.3 Å². The van der Waals surface area contributed by atoms with Gasteiger partial charge in [0.2, 0.25) is 0 Å². The van der Waals surface area contributed by atoms with Gasteiger partial charge in [0.05, 0.1) is 27.8 Å². The summed E-state index contributed by atoms with van der Waals surface area (Å²) in [6, 6.07) is 17.9. The molecule has 0 spiro atoms. The zero-order valence-electron chi connectivity index (χ0n) is 17.3. The first kappa shape index (κ1) is 23.2. The van der Waals surface area contributed by atoms with Crippen molar-refractivity contribution in [3.8, 4) is 11.5 Å². The summed E-state index contributed by atoms with van der Waals surface area (Å²) < 4.78 is 17.6. The van der Waals surface area contributed by atoms with Gasteiger partial charge >= 0.3 is 5.91 Å². The van der Waals surface area contributed by atoms with Crippen LogP contribution in [-0.4, -0.2) is 19.2 Å². The topological polar surface area (TPSA) is 73.1 Å². The highest BCUT2D eigenvalue weighted by molar-refractivity contribution is 9.10. The van der Waals surface area contributed by atoms with E-state index in [0.717, 1.165) is 10.9 Å². The summed E-state index contributed by atoms with van der Waals surface area (Å²) in [7, 11) is 1.54. The molecular weight excluding hydrogens is 531 g/mol. The van der Waals surface area contributed by atoms with E-state index >= 15 is 0 Å². The number of hydrogen-bond donors (Lipinski definition) is 1. The van der Waals surface area contributed by atoms with Crippen molar-refractivity contribution in [2.45, 2.75) is 6.61 Å². The third-order valence-corrected chi connectivity index (χ3v) is 5.98. The highest BCUT2D eigenvalue weighted by Gasteiger charge is 2.13. The molecule has 0 saturated heterocycles. The van der Waals surface area contributed by atoms with Crippen LogP contribution >= 0.6 is 39.1 Å². The van der Waals surface area contributed by atoms with E-state index in [-0.39, 0.29) is 12.4 Å². The molecule has 0 saturated carbocycles. The molecule has 0 bridgehead atoms. The number of carbonyl (C=O) groups excluding carboxylic acids is 1. The molecule has 0 radical (unpaired) electrons. The smallest absolute Gasteiger partial charge is 0.307 e. The van der Waals surface area contributed by atoms with Crippen LogP contribution in [0.4, 0.5) is 0 Å². The molecular formula is C24H17BrCl2N2O4. The second kappa shape index (κ2) is 10.3. The molecule has 3 aromatic carbocycles. The Morgan fingerprint density at radius 2 is 1.94 bits per heavy atom. The Morgan fingerprint density at radius 3 is 2.70 bits per heavy atom. The monoisotopic (exact) mass is 546 g/mol. The Labute approximate surface area is 208 Å². The highest BCUT2D eigenvalue weighted by Crippen LogP contribution is 2.37. The minimum Gasteiger partial charge on any atom is -0.493 e. The fourth-order valence-electron chi connectivity index (χ4n) is 3.05. The lowest BCUT2D eigenvalue weighted by molar-refractivity contribution is 0.0929. The van der Waals surface area contributed by atoms with E-state index in [4.69, 9.17) is 37.1 Å². The normalized spacial score (nSPS) is 11.2. The van der Waals surface area contributed by atoms with Gasteiger partial charge in [0.25, 0.3) is 0 Å². The summed E-state index contributed by atoms with van der Waals surface area (Å²) in [6.45, 7) is 0.271. The zero-order valence-corrected chi connectivity index (χ0v) is 20.4. The number of benzene rings is 3. The minimum atomic E-state index is -0.449. The molecule has 0 atom stereocenters. The largest absolute Gasteiger partial charge is 0.493 e. The quantitative estimate of drug-likeness (QED) is 0.203. The number of fused-ring (bicyclic) bond motifs is 1. The van der Waals surface area contributed by atoms with Gasteiger partial charge in [-0.3, -0.25) is 4.79 Å². The van der Waals surface area contributed by atoms with E-state index in [9.17, 15) is 4.79 Å². The molecule has 0 unspecified atom stereocenters. The van der Waals surface area contributed by atoms with Gasteiger partial charge in [-0.2, -0.15) is 5.10 Å². The lowest BCUT2D eigenvalue weighted by Gasteiger charge is -2.14. The van der Waals surface area contributed by atoms with Crippen molar-refractivity contribution in [3.63, 3.8) is 0 Å². The number of amides is 1. The van der Waals surface area contributed by atoms with Gasteiger partial charge in [-0.15, -0.1) is 0 Å². The molecule has 1 aromatic heterocycles. The maximum atomic E-state index is 12.3. The van der Waals surface area contributed by atoms with Gasteiger partial charge in [0.1, 0.15) is 12.2 Å². The number of hydrazone groups is 1. The summed E-state index contributed by atoms with van der Waals surface area (Å²) in [5.41, 5.74) is 4.64. The van der Waals surface area contributed by atoms with Crippen molar-refractivity contribution in [1.29, 1.82) is 0 Å². The zero-order chi connectivity index (χ0) is 23.4. The molecule has 1 N–H and O–H groups in total. The summed E-state index contributed by atoms with van der Waals surface area (Å²) in [4.78, 5) is 12.3. The maximum absolute atomic E-state index is 12.3. The number of hydrogen-bond acceptors (Lipinski definition) is 5. The van der Waals surface area contributed by atoms with Crippen LogP contribution in [0.25, 0.3) is 11.0 Å². The van der Waals surface area contributed by atoms with Gasteiger partial charge < -0.3 is 13.9 Å². The third kappa shape index (κ3) is 5.50. The minimum absolute atomic E-state index is 0.179. The first-order chi connectivity index (χ1) is 15.9. The number of nitrogens with one attached hydrogen (secondary N) is 1. The molecule has 6 nitrogen and oxygen atoms in total. The van der Waals surface area contributed by atoms with E-state index in [2.05, 4.69) is 26.5 Å². The molecule has 4 aromatic rings. The van der Waals surface area contributed by atoms with Crippen molar-refractivity contribution in [3.05, 3.63) is 92.1 Å². The number of furan rings is 1. The number of ether oxygens (including phenoxy) is 2. The average Bonchev–Trinajstić information content (AvgIpc) is 3.25. The van der Waals surface area contributed by atoms with Crippen LogP contribution < -0.4 is 14.9 Å². The number of rotatable bonds is 7. The van der Waals surface area contributed by atoms with Crippen LogP contribution in [0, 0.1) is 0 Å². The van der Waals surface area contributed by atoms with Crippen LogP contribution in [0.1, 0.15) is 21.7 Å². The molecule has 0 fully saturated rings. The molecule has 168 valence electrons. The predicted molar refractivity (Wildman–Crippen MR) is 133 cm³/mol. The first-order valence-electron chi connectivity index (χ1n) is 9.71. The van der Waals surface area contributed by atoms with Crippen LogP contribution in [0.5, 0.6) is 11.5 Å². The van der Waals surface area contributed by atoms with Crippen LogP contribution in [0.15, 0.2) is 74.7 Å². The van der Waals surface area contributed by atoms with E-state index in [1.807, 2.05) is 24.3 Å². The summed E-state index contributed by atoms with van der Waals surface area (Å²) >= 11 is 15.5. The van der Waals surface area contributed by atoms with Crippen molar-refractivity contribution >= 4 is 62.2 Å². The lowest BCUT2D eigenvalue weighted by Crippen LogP contribution is -2.16. The Balaban J connectivity index is 1.44. The summed E-state index contributed by atoms with van der Waals surface area (Å²) in [5.74, 6) is 0.745. The van der Waals surface area contributed by atoms with Crippen LogP contribution in [-0.2, 0) is 6.61 Å². The van der Waals surface area contributed by atoms with Gasteiger partial charge in [-0.1, -0.05) is 47.5 Å². The predicted octanol–water partition coefficient (Wildman–Crippen LogP) is 6.85. The molecule has 33 heavy (non-hydrogen) atoms. The Hall–Kier alpha value is -3.00. The van der Waals surface area contributed by atoms with Crippen LogP contribution in [0.3, 0.4) is 0 Å². The molecule has 9 heteroatoms. The lowest BCUT2D eigenvalue weighted by atomic mass is 10.2. The fraction of sp³-hybridized carbons (Fsp3) is 0.0833. The van der Waals surface area contributed by atoms with Crippen molar-refractivity contribution in [2.75, 3.05) is 7.11 Å². The Bertz CT molecular complexity index is 1320.